The summed E-state index contributed by atoms with van der Waals surface area (Å²) in [7, 11) is 0. The maximum absolute atomic E-state index is 5.99. The first-order chi connectivity index (χ1) is 11.2. The van der Waals surface area contributed by atoms with E-state index in [-0.39, 0.29) is 0 Å². The van der Waals surface area contributed by atoms with Gasteiger partial charge in [0.25, 0.3) is 0 Å². The van der Waals surface area contributed by atoms with Gasteiger partial charge in [0, 0.05) is 16.3 Å². The predicted octanol–water partition coefficient (Wildman–Crippen LogP) is 4.87. The number of rotatable bonds is 5. The third-order valence-corrected chi connectivity index (χ3v) is 3.93. The SMILES string of the molecule is CCc1cccc(C)c1NCc1nnc(-c2cccc(Cl)c2)o1. The van der Waals surface area contributed by atoms with E-state index in [4.69, 9.17) is 16.0 Å². The molecule has 2 aromatic carbocycles. The van der Waals surface area contributed by atoms with Gasteiger partial charge in [-0.3, -0.25) is 0 Å². The van der Waals surface area contributed by atoms with Crippen molar-refractivity contribution in [2.45, 2.75) is 26.8 Å². The van der Waals surface area contributed by atoms with Gasteiger partial charge in [-0.25, -0.2) is 0 Å². The Balaban J connectivity index is 1.76. The van der Waals surface area contributed by atoms with Crippen molar-refractivity contribution in [2.24, 2.45) is 0 Å². The fraction of sp³-hybridized carbons (Fsp3) is 0.222. The van der Waals surface area contributed by atoms with Gasteiger partial charge in [-0.15, -0.1) is 10.2 Å². The number of para-hydroxylation sites is 1. The van der Waals surface area contributed by atoms with Crippen LogP contribution >= 0.6 is 11.6 Å². The van der Waals surface area contributed by atoms with Crippen molar-refractivity contribution in [3.63, 3.8) is 0 Å². The van der Waals surface area contributed by atoms with Crippen LogP contribution in [-0.2, 0) is 13.0 Å². The summed E-state index contributed by atoms with van der Waals surface area (Å²) in [6, 6.07) is 13.7. The third-order valence-electron chi connectivity index (χ3n) is 3.69. The second-order valence-corrected chi connectivity index (χ2v) is 5.76. The molecule has 0 aliphatic rings. The number of aromatic nitrogens is 2. The molecule has 0 unspecified atom stereocenters. The number of aryl methyl sites for hydroxylation is 2. The van der Waals surface area contributed by atoms with Crippen LogP contribution in [0.2, 0.25) is 5.02 Å². The van der Waals surface area contributed by atoms with Gasteiger partial charge in [0.2, 0.25) is 11.8 Å². The average Bonchev–Trinajstić information content (AvgIpc) is 3.02. The minimum absolute atomic E-state index is 0.477. The standard InChI is InChI=1S/C18H18ClN3O/c1-3-13-7-4-6-12(2)17(13)20-11-16-21-22-18(23-16)14-8-5-9-15(19)10-14/h4-10,20H,3,11H2,1-2H3. The van der Waals surface area contributed by atoms with Gasteiger partial charge >= 0.3 is 0 Å². The van der Waals surface area contributed by atoms with E-state index in [1.165, 1.54) is 11.1 Å². The molecule has 5 heteroatoms. The largest absolute Gasteiger partial charge is 0.419 e. The summed E-state index contributed by atoms with van der Waals surface area (Å²) in [6.07, 6.45) is 0.974. The number of nitrogens with one attached hydrogen (secondary N) is 1. The molecule has 118 valence electrons. The van der Waals surface area contributed by atoms with E-state index in [9.17, 15) is 0 Å². The number of hydrogen-bond acceptors (Lipinski definition) is 4. The maximum atomic E-state index is 5.99. The molecule has 0 fully saturated rings. The first-order valence-corrected chi connectivity index (χ1v) is 7.96. The first-order valence-electron chi connectivity index (χ1n) is 7.58. The molecular weight excluding hydrogens is 310 g/mol. The Bertz CT molecular complexity index is 814. The van der Waals surface area contributed by atoms with Gasteiger partial charge in [0.1, 0.15) is 0 Å². The molecule has 0 saturated heterocycles. The maximum Gasteiger partial charge on any atom is 0.247 e. The van der Waals surface area contributed by atoms with Crippen LogP contribution in [0, 0.1) is 6.92 Å². The number of halogens is 1. The van der Waals surface area contributed by atoms with Gasteiger partial charge in [0.05, 0.1) is 6.54 Å². The van der Waals surface area contributed by atoms with Crippen molar-refractivity contribution >= 4 is 17.3 Å². The summed E-state index contributed by atoms with van der Waals surface area (Å²) in [5, 5.41) is 12.2. The van der Waals surface area contributed by atoms with Crippen molar-refractivity contribution in [2.75, 3.05) is 5.32 Å². The minimum Gasteiger partial charge on any atom is -0.419 e. The molecule has 0 saturated carbocycles. The molecule has 0 aliphatic heterocycles. The second kappa shape index (κ2) is 6.84. The highest BCUT2D eigenvalue weighted by atomic mass is 35.5. The molecule has 23 heavy (non-hydrogen) atoms. The van der Waals surface area contributed by atoms with E-state index in [0.717, 1.165) is 17.7 Å². The summed E-state index contributed by atoms with van der Waals surface area (Å²) in [5.74, 6) is 1.02. The predicted molar refractivity (Wildman–Crippen MR) is 92.6 cm³/mol. The van der Waals surface area contributed by atoms with Crippen LogP contribution in [0.5, 0.6) is 0 Å². The molecule has 0 amide bonds. The van der Waals surface area contributed by atoms with E-state index >= 15 is 0 Å². The molecule has 1 N–H and O–H groups in total. The van der Waals surface area contributed by atoms with Crippen LogP contribution in [0.3, 0.4) is 0 Å². The lowest BCUT2D eigenvalue weighted by molar-refractivity contribution is 0.515. The Labute approximate surface area is 140 Å². The van der Waals surface area contributed by atoms with E-state index in [0.29, 0.717) is 23.3 Å². The molecule has 0 spiro atoms. The summed E-state index contributed by atoms with van der Waals surface area (Å²) >= 11 is 5.99. The Kier molecular flexibility index (Phi) is 4.63. The van der Waals surface area contributed by atoms with Crippen molar-refractivity contribution in [1.29, 1.82) is 0 Å². The summed E-state index contributed by atoms with van der Waals surface area (Å²) in [6.45, 7) is 4.72. The average molecular weight is 328 g/mol. The molecule has 0 aliphatic carbocycles. The van der Waals surface area contributed by atoms with Gasteiger partial charge in [0.15, 0.2) is 0 Å². The second-order valence-electron chi connectivity index (χ2n) is 5.33. The van der Waals surface area contributed by atoms with Crippen LogP contribution in [0.25, 0.3) is 11.5 Å². The summed E-state index contributed by atoms with van der Waals surface area (Å²) < 4.78 is 5.72. The van der Waals surface area contributed by atoms with Crippen LogP contribution in [0.15, 0.2) is 46.9 Å². The first kappa shape index (κ1) is 15.6. The van der Waals surface area contributed by atoms with Crippen LogP contribution in [0.1, 0.15) is 23.9 Å². The Hall–Kier alpha value is -2.33. The normalized spacial score (nSPS) is 10.7. The molecule has 1 aromatic heterocycles. The highest BCUT2D eigenvalue weighted by Crippen LogP contribution is 2.24. The number of nitrogens with zero attached hydrogens (tertiary/aromatic N) is 2. The van der Waals surface area contributed by atoms with Gasteiger partial charge in [-0.05, 0) is 42.7 Å². The van der Waals surface area contributed by atoms with Crippen molar-refractivity contribution < 1.29 is 4.42 Å². The number of hydrogen-bond donors (Lipinski definition) is 1. The number of anilines is 1. The lowest BCUT2D eigenvalue weighted by Gasteiger charge is -2.12. The highest BCUT2D eigenvalue weighted by Gasteiger charge is 2.10. The topological polar surface area (TPSA) is 51.0 Å². The van der Waals surface area contributed by atoms with Gasteiger partial charge in [-0.1, -0.05) is 42.8 Å². The zero-order valence-corrected chi connectivity index (χ0v) is 13.9. The molecule has 0 radical (unpaired) electrons. The van der Waals surface area contributed by atoms with Crippen LogP contribution in [-0.4, -0.2) is 10.2 Å². The van der Waals surface area contributed by atoms with E-state index < -0.39 is 0 Å². The van der Waals surface area contributed by atoms with Crippen molar-refractivity contribution in [3.8, 4) is 11.5 Å². The lowest BCUT2D eigenvalue weighted by Crippen LogP contribution is -2.04. The minimum atomic E-state index is 0.477. The molecular formula is C18H18ClN3O. The molecule has 3 aromatic rings. The molecule has 4 nitrogen and oxygen atoms in total. The van der Waals surface area contributed by atoms with Crippen LogP contribution in [0.4, 0.5) is 5.69 Å². The summed E-state index contributed by atoms with van der Waals surface area (Å²) in [5.41, 5.74) is 4.44. The molecule has 1 heterocycles. The zero-order valence-electron chi connectivity index (χ0n) is 13.1. The molecule has 3 rings (SSSR count). The van der Waals surface area contributed by atoms with E-state index in [2.05, 4.69) is 47.6 Å². The third kappa shape index (κ3) is 3.54. The molecule has 0 atom stereocenters. The van der Waals surface area contributed by atoms with E-state index in [1.807, 2.05) is 24.3 Å². The van der Waals surface area contributed by atoms with Crippen LogP contribution < -0.4 is 5.32 Å². The van der Waals surface area contributed by atoms with Gasteiger partial charge in [-0.2, -0.15) is 0 Å². The Morgan fingerprint density at radius 1 is 1.13 bits per heavy atom. The molecule has 0 bridgehead atoms. The quantitative estimate of drug-likeness (QED) is 0.726. The van der Waals surface area contributed by atoms with Crippen molar-refractivity contribution in [3.05, 3.63) is 64.5 Å². The van der Waals surface area contributed by atoms with Crippen molar-refractivity contribution in [1.82, 2.24) is 10.2 Å². The fourth-order valence-corrected chi connectivity index (χ4v) is 2.69. The van der Waals surface area contributed by atoms with E-state index in [1.54, 1.807) is 0 Å². The fourth-order valence-electron chi connectivity index (χ4n) is 2.50. The Morgan fingerprint density at radius 2 is 1.96 bits per heavy atom. The Morgan fingerprint density at radius 3 is 2.74 bits per heavy atom. The monoisotopic (exact) mass is 327 g/mol. The number of benzene rings is 2. The highest BCUT2D eigenvalue weighted by molar-refractivity contribution is 6.30. The summed E-state index contributed by atoms with van der Waals surface area (Å²) in [4.78, 5) is 0. The lowest BCUT2D eigenvalue weighted by atomic mass is 10.1. The zero-order chi connectivity index (χ0) is 16.2. The van der Waals surface area contributed by atoms with Gasteiger partial charge < -0.3 is 9.73 Å². The smallest absolute Gasteiger partial charge is 0.247 e.